The summed E-state index contributed by atoms with van der Waals surface area (Å²) in [4.78, 5) is 1.31. The maximum Gasteiger partial charge on any atom is 0.260 e. The predicted molar refractivity (Wildman–Crippen MR) is 101 cm³/mol. The van der Waals surface area contributed by atoms with Gasteiger partial charge in [-0.1, -0.05) is 50.9 Å². The minimum Gasteiger partial charge on any atom is -0.493 e. The van der Waals surface area contributed by atoms with E-state index in [1.807, 2.05) is 24.3 Å². The summed E-state index contributed by atoms with van der Waals surface area (Å²) in [6, 6.07) is 12.0. The number of ether oxygens (including phenoxy) is 2. The Morgan fingerprint density at radius 1 is 1.23 bits per heavy atom. The highest BCUT2D eigenvalue weighted by Gasteiger charge is 2.11. The Balaban J connectivity index is 1.73. The van der Waals surface area contributed by atoms with Crippen molar-refractivity contribution in [2.24, 2.45) is 0 Å². The molecule has 0 radical (unpaired) electrons. The molecular weight excluding hydrogens is 400 g/mol. The van der Waals surface area contributed by atoms with Crippen LogP contribution < -0.4 is 20.6 Å². The van der Waals surface area contributed by atoms with Gasteiger partial charge in [0.15, 0.2) is 11.5 Å². The number of tetrazole rings is 1. The minimum atomic E-state index is 0.186. The molecule has 0 aliphatic carbocycles. The van der Waals surface area contributed by atoms with Crippen LogP contribution in [0.3, 0.4) is 0 Å². The second kappa shape index (κ2) is 8.05. The standard InChI is InChI=1S/C17H19BrN6O2/c1-11-4-3-5-12(6-11)10-26-16-8-14(18)13(7-15(16)25-2)9-20-24-17(19)21-22-23-24/h3-8,20H,9-10H2,1-2H3,(H2,19,21,23). The minimum absolute atomic E-state index is 0.186. The molecule has 0 saturated heterocycles. The maximum atomic E-state index is 5.94. The van der Waals surface area contributed by atoms with Gasteiger partial charge < -0.3 is 20.6 Å². The van der Waals surface area contributed by atoms with E-state index >= 15 is 0 Å². The van der Waals surface area contributed by atoms with E-state index in [2.05, 4.69) is 55.9 Å². The molecule has 0 atom stereocenters. The average Bonchev–Trinajstić information content (AvgIpc) is 3.04. The number of halogens is 1. The Kier molecular flexibility index (Phi) is 5.57. The van der Waals surface area contributed by atoms with Crippen molar-refractivity contribution in [3.63, 3.8) is 0 Å². The van der Waals surface area contributed by atoms with Crippen LogP contribution in [-0.4, -0.2) is 27.4 Å². The van der Waals surface area contributed by atoms with Crippen LogP contribution in [0.25, 0.3) is 0 Å². The third-order valence-electron chi connectivity index (χ3n) is 3.72. The number of nitrogens with two attached hydrogens (primary N) is 1. The van der Waals surface area contributed by atoms with Crippen molar-refractivity contribution in [2.75, 3.05) is 18.3 Å². The van der Waals surface area contributed by atoms with Crippen LogP contribution >= 0.6 is 15.9 Å². The highest BCUT2D eigenvalue weighted by atomic mass is 79.9. The average molecular weight is 419 g/mol. The molecule has 26 heavy (non-hydrogen) atoms. The van der Waals surface area contributed by atoms with E-state index in [0.29, 0.717) is 24.7 Å². The van der Waals surface area contributed by atoms with Crippen LogP contribution in [0.4, 0.5) is 5.95 Å². The summed E-state index contributed by atoms with van der Waals surface area (Å²) in [6.45, 7) is 2.97. The van der Waals surface area contributed by atoms with Crippen molar-refractivity contribution in [3.8, 4) is 11.5 Å². The normalized spacial score (nSPS) is 10.6. The predicted octanol–water partition coefficient (Wildman–Crippen LogP) is 2.66. The summed E-state index contributed by atoms with van der Waals surface area (Å²) in [5, 5.41) is 10.8. The smallest absolute Gasteiger partial charge is 0.260 e. The van der Waals surface area contributed by atoms with Gasteiger partial charge in [-0.2, -0.15) is 0 Å². The number of nitrogens with zero attached hydrogens (tertiary/aromatic N) is 4. The van der Waals surface area contributed by atoms with Crippen LogP contribution in [0.15, 0.2) is 40.9 Å². The molecule has 1 heterocycles. The number of aromatic nitrogens is 4. The second-order valence-electron chi connectivity index (χ2n) is 5.66. The maximum absolute atomic E-state index is 5.94. The quantitative estimate of drug-likeness (QED) is 0.607. The zero-order chi connectivity index (χ0) is 18.5. The van der Waals surface area contributed by atoms with Crippen LogP contribution in [0.5, 0.6) is 11.5 Å². The lowest BCUT2D eigenvalue weighted by molar-refractivity contribution is 0.284. The summed E-state index contributed by atoms with van der Waals surface area (Å²) in [6.07, 6.45) is 0. The van der Waals surface area contributed by atoms with Gasteiger partial charge in [0.25, 0.3) is 5.95 Å². The molecule has 0 spiro atoms. The zero-order valence-corrected chi connectivity index (χ0v) is 16.0. The molecule has 3 aromatic rings. The van der Waals surface area contributed by atoms with Gasteiger partial charge in [-0.3, -0.25) is 0 Å². The first kappa shape index (κ1) is 18.0. The number of anilines is 1. The number of nitrogens with one attached hydrogen (secondary N) is 1. The topological polar surface area (TPSA) is 100 Å². The van der Waals surface area contributed by atoms with Crippen LogP contribution in [0.2, 0.25) is 0 Å². The van der Waals surface area contributed by atoms with E-state index in [9.17, 15) is 0 Å². The Morgan fingerprint density at radius 3 is 2.77 bits per heavy atom. The number of rotatable bonds is 7. The fourth-order valence-corrected chi connectivity index (χ4v) is 2.88. The Bertz CT molecular complexity index is 899. The van der Waals surface area contributed by atoms with Crippen LogP contribution in [0, 0.1) is 6.92 Å². The monoisotopic (exact) mass is 418 g/mol. The van der Waals surface area contributed by atoms with Gasteiger partial charge in [0.05, 0.1) is 13.7 Å². The van der Waals surface area contributed by atoms with Crippen molar-refractivity contribution in [1.29, 1.82) is 0 Å². The lowest BCUT2D eigenvalue weighted by atomic mass is 10.1. The van der Waals surface area contributed by atoms with Crippen LogP contribution in [0.1, 0.15) is 16.7 Å². The van der Waals surface area contributed by atoms with Crippen molar-refractivity contribution < 1.29 is 9.47 Å². The van der Waals surface area contributed by atoms with Crippen molar-refractivity contribution in [3.05, 3.63) is 57.6 Å². The van der Waals surface area contributed by atoms with Gasteiger partial charge in [-0.05, 0) is 40.6 Å². The molecule has 3 N–H and O–H groups in total. The highest BCUT2D eigenvalue weighted by Crippen LogP contribution is 2.34. The van der Waals surface area contributed by atoms with Gasteiger partial charge in [-0.15, -0.1) is 4.79 Å². The molecule has 3 rings (SSSR count). The second-order valence-corrected chi connectivity index (χ2v) is 6.51. The summed E-state index contributed by atoms with van der Waals surface area (Å²) in [5.74, 6) is 1.49. The number of hydrogen-bond donors (Lipinski definition) is 2. The molecule has 0 fully saturated rings. The molecule has 136 valence electrons. The zero-order valence-electron chi connectivity index (χ0n) is 14.4. The summed E-state index contributed by atoms with van der Waals surface area (Å²) < 4.78 is 12.3. The molecule has 1 aromatic heterocycles. The molecule has 9 heteroatoms. The third kappa shape index (κ3) is 4.23. The molecule has 8 nitrogen and oxygen atoms in total. The van der Waals surface area contributed by atoms with Gasteiger partial charge in [-0.25, -0.2) is 0 Å². The summed E-state index contributed by atoms with van der Waals surface area (Å²) >= 11 is 3.56. The highest BCUT2D eigenvalue weighted by molar-refractivity contribution is 9.10. The molecule has 0 saturated carbocycles. The SMILES string of the molecule is COc1cc(CNn2nnnc2N)c(Br)cc1OCc1cccc(C)c1. The Labute approximate surface area is 159 Å². The lowest BCUT2D eigenvalue weighted by Gasteiger charge is -2.15. The van der Waals surface area contributed by atoms with Gasteiger partial charge in [0.2, 0.25) is 0 Å². The van der Waals surface area contributed by atoms with E-state index in [-0.39, 0.29) is 5.95 Å². The Hall–Kier alpha value is -2.81. The number of methoxy groups -OCH3 is 1. The number of nitrogen functional groups attached to an aromatic ring is 1. The summed E-state index contributed by atoms with van der Waals surface area (Å²) in [7, 11) is 1.61. The van der Waals surface area contributed by atoms with Crippen molar-refractivity contribution in [2.45, 2.75) is 20.1 Å². The lowest BCUT2D eigenvalue weighted by Crippen LogP contribution is -2.18. The van der Waals surface area contributed by atoms with Gasteiger partial charge in [0, 0.05) is 4.47 Å². The summed E-state index contributed by atoms with van der Waals surface area (Å²) in [5.41, 5.74) is 11.9. The van der Waals surface area contributed by atoms with Gasteiger partial charge >= 0.3 is 0 Å². The molecule has 2 aromatic carbocycles. The molecule has 0 amide bonds. The van der Waals surface area contributed by atoms with E-state index in [1.54, 1.807) is 7.11 Å². The number of hydrogen-bond acceptors (Lipinski definition) is 7. The number of aryl methyl sites for hydroxylation is 1. The van der Waals surface area contributed by atoms with E-state index in [0.717, 1.165) is 15.6 Å². The fourth-order valence-electron chi connectivity index (χ4n) is 2.41. The Morgan fingerprint density at radius 2 is 2.08 bits per heavy atom. The first-order chi connectivity index (χ1) is 12.6. The largest absolute Gasteiger partial charge is 0.493 e. The van der Waals surface area contributed by atoms with Gasteiger partial charge in [0.1, 0.15) is 6.61 Å². The fraction of sp³-hybridized carbons (Fsp3) is 0.235. The number of benzene rings is 2. The van der Waals surface area contributed by atoms with Crippen molar-refractivity contribution in [1.82, 2.24) is 20.3 Å². The van der Waals surface area contributed by atoms with Crippen molar-refractivity contribution >= 4 is 21.9 Å². The molecular formula is C17H19BrN6O2. The van der Waals surface area contributed by atoms with E-state index in [4.69, 9.17) is 15.2 Å². The van der Waals surface area contributed by atoms with E-state index < -0.39 is 0 Å². The first-order valence-electron chi connectivity index (χ1n) is 7.89. The van der Waals surface area contributed by atoms with Crippen LogP contribution in [-0.2, 0) is 13.2 Å². The molecule has 0 bridgehead atoms. The van der Waals surface area contributed by atoms with E-state index in [1.165, 1.54) is 10.4 Å². The third-order valence-corrected chi connectivity index (χ3v) is 4.46. The molecule has 0 unspecified atom stereocenters. The first-order valence-corrected chi connectivity index (χ1v) is 8.68. The molecule has 0 aliphatic rings. The molecule has 0 aliphatic heterocycles.